The third-order valence-electron chi connectivity index (χ3n) is 2.62. The van der Waals surface area contributed by atoms with Crippen LogP contribution in [0, 0.1) is 12.7 Å². The van der Waals surface area contributed by atoms with Crippen molar-refractivity contribution in [2.75, 3.05) is 0 Å². The topological polar surface area (TPSA) is 51.2 Å². The molecule has 0 spiro atoms. The standard InChI is InChI=1S/C14H15FN2O2S/c1-9(19-13-6-4-3-5-12(13)15)14(18)16-7-11-8-20-10(2)17-11/h3-6,8-9H,7H2,1-2H3,(H,16,18)/t9-/m1/s1. The van der Waals surface area contributed by atoms with Gasteiger partial charge in [0.05, 0.1) is 17.2 Å². The SMILES string of the molecule is Cc1nc(CNC(=O)[C@@H](C)Oc2ccccc2F)cs1. The van der Waals surface area contributed by atoms with E-state index in [2.05, 4.69) is 10.3 Å². The first-order valence-corrected chi connectivity index (χ1v) is 7.04. The Kier molecular flexibility index (Phi) is 4.68. The molecule has 2 aromatic rings. The zero-order valence-electron chi connectivity index (χ0n) is 11.2. The van der Waals surface area contributed by atoms with E-state index in [-0.39, 0.29) is 11.7 Å². The van der Waals surface area contributed by atoms with Crippen molar-refractivity contribution in [3.63, 3.8) is 0 Å². The number of ether oxygens (including phenoxy) is 1. The molecule has 1 amide bonds. The summed E-state index contributed by atoms with van der Waals surface area (Å²) >= 11 is 1.53. The van der Waals surface area contributed by atoms with E-state index in [1.165, 1.54) is 23.5 Å². The lowest BCUT2D eigenvalue weighted by Crippen LogP contribution is -2.36. The summed E-state index contributed by atoms with van der Waals surface area (Å²) in [5.74, 6) is -0.721. The van der Waals surface area contributed by atoms with Crippen molar-refractivity contribution in [2.24, 2.45) is 0 Å². The van der Waals surface area contributed by atoms with Crippen molar-refractivity contribution in [1.82, 2.24) is 10.3 Å². The maximum atomic E-state index is 13.4. The Balaban J connectivity index is 1.87. The van der Waals surface area contributed by atoms with Crippen molar-refractivity contribution in [3.8, 4) is 5.75 Å². The molecule has 20 heavy (non-hydrogen) atoms. The number of aromatic nitrogens is 1. The van der Waals surface area contributed by atoms with Crippen LogP contribution in [0.3, 0.4) is 0 Å². The lowest BCUT2D eigenvalue weighted by Gasteiger charge is -2.14. The van der Waals surface area contributed by atoms with Gasteiger partial charge in [0.1, 0.15) is 0 Å². The zero-order valence-corrected chi connectivity index (χ0v) is 12.0. The van der Waals surface area contributed by atoms with Gasteiger partial charge in [0.25, 0.3) is 5.91 Å². The molecule has 0 unspecified atom stereocenters. The third-order valence-corrected chi connectivity index (χ3v) is 3.44. The summed E-state index contributed by atoms with van der Waals surface area (Å²) in [6.45, 7) is 3.82. The quantitative estimate of drug-likeness (QED) is 0.922. The van der Waals surface area contributed by atoms with E-state index in [0.717, 1.165) is 10.7 Å². The second-order valence-corrected chi connectivity index (χ2v) is 5.33. The number of nitrogens with zero attached hydrogens (tertiary/aromatic N) is 1. The number of carbonyl (C=O) groups excluding carboxylic acids is 1. The van der Waals surface area contributed by atoms with E-state index in [4.69, 9.17) is 4.74 Å². The number of para-hydroxylation sites is 1. The summed E-state index contributed by atoms with van der Waals surface area (Å²) in [4.78, 5) is 16.1. The van der Waals surface area contributed by atoms with Gasteiger partial charge in [0.2, 0.25) is 0 Å². The number of thiazole rings is 1. The largest absolute Gasteiger partial charge is 0.478 e. The van der Waals surface area contributed by atoms with Gasteiger partial charge >= 0.3 is 0 Å². The van der Waals surface area contributed by atoms with Crippen molar-refractivity contribution >= 4 is 17.2 Å². The number of nitrogens with one attached hydrogen (secondary N) is 1. The van der Waals surface area contributed by atoms with Gasteiger partial charge in [0, 0.05) is 5.38 Å². The maximum Gasteiger partial charge on any atom is 0.261 e. The van der Waals surface area contributed by atoms with E-state index in [9.17, 15) is 9.18 Å². The molecule has 0 saturated heterocycles. The Labute approximate surface area is 120 Å². The third kappa shape index (κ3) is 3.77. The molecule has 0 bridgehead atoms. The molecule has 1 aromatic heterocycles. The molecule has 2 rings (SSSR count). The van der Waals surface area contributed by atoms with Crippen LogP contribution in [0.15, 0.2) is 29.6 Å². The Bertz CT molecular complexity index is 600. The number of hydrogen-bond donors (Lipinski definition) is 1. The molecule has 106 valence electrons. The summed E-state index contributed by atoms with van der Waals surface area (Å²) in [5.41, 5.74) is 0.805. The highest BCUT2D eigenvalue weighted by Crippen LogP contribution is 2.17. The van der Waals surface area contributed by atoms with Crippen molar-refractivity contribution in [1.29, 1.82) is 0 Å². The lowest BCUT2D eigenvalue weighted by molar-refractivity contribution is -0.127. The summed E-state index contributed by atoms with van der Waals surface area (Å²) in [6.07, 6.45) is -0.772. The van der Waals surface area contributed by atoms with E-state index < -0.39 is 11.9 Å². The van der Waals surface area contributed by atoms with Gasteiger partial charge in [-0.05, 0) is 26.0 Å². The molecule has 1 atom stereocenters. The molecular weight excluding hydrogens is 279 g/mol. The van der Waals surface area contributed by atoms with Crippen LogP contribution in [-0.2, 0) is 11.3 Å². The predicted octanol–water partition coefficient (Wildman–Crippen LogP) is 2.67. The minimum Gasteiger partial charge on any atom is -0.478 e. The molecule has 0 saturated carbocycles. The van der Waals surface area contributed by atoms with Gasteiger partial charge in [-0.1, -0.05) is 12.1 Å². The molecule has 0 aliphatic carbocycles. The molecular formula is C14H15FN2O2S. The summed E-state index contributed by atoms with van der Waals surface area (Å²) in [6, 6.07) is 6.00. The molecule has 0 aliphatic rings. The summed E-state index contributed by atoms with van der Waals surface area (Å²) in [5, 5.41) is 5.55. The van der Waals surface area contributed by atoms with Crippen LogP contribution in [0.4, 0.5) is 4.39 Å². The van der Waals surface area contributed by atoms with E-state index in [1.54, 1.807) is 19.1 Å². The molecule has 1 N–H and O–H groups in total. The molecule has 0 aliphatic heterocycles. The average molecular weight is 294 g/mol. The number of rotatable bonds is 5. The Morgan fingerprint density at radius 2 is 2.25 bits per heavy atom. The average Bonchev–Trinajstić information content (AvgIpc) is 2.84. The predicted molar refractivity (Wildman–Crippen MR) is 75.2 cm³/mol. The lowest BCUT2D eigenvalue weighted by atomic mass is 10.3. The zero-order chi connectivity index (χ0) is 14.5. The van der Waals surface area contributed by atoms with Crippen LogP contribution >= 0.6 is 11.3 Å². The van der Waals surface area contributed by atoms with Gasteiger partial charge in [-0.3, -0.25) is 4.79 Å². The van der Waals surface area contributed by atoms with Crippen molar-refractivity contribution in [3.05, 3.63) is 46.2 Å². The highest BCUT2D eigenvalue weighted by atomic mass is 32.1. The van der Waals surface area contributed by atoms with Crippen LogP contribution < -0.4 is 10.1 Å². The number of aryl methyl sites for hydroxylation is 1. The molecule has 4 nitrogen and oxygen atoms in total. The smallest absolute Gasteiger partial charge is 0.261 e. The fourth-order valence-corrected chi connectivity index (χ4v) is 2.21. The first-order chi connectivity index (χ1) is 9.56. The highest BCUT2D eigenvalue weighted by Gasteiger charge is 2.16. The normalized spacial score (nSPS) is 11.9. The van der Waals surface area contributed by atoms with Crippen LogP contribution in [0.1, 0.15) is 17.6 Å². The number of amides is 1. The Morgan fingerprint density at radius 1 is 1.50 bits per heavy atom. The molecule has 1 aromatic carbocycles. The maximum absolute atomic E-state index is 13.4. The molecule has 6 heteroatoms. The number of hydrogen-bond acceptors (Lipinski definition) is 4. The van der Waals surface area contributed by atoms with E-state index in [1.807, 2.05) is 12.3 Å². The fraction of sp³-hybridized carbons (Fsp3) is 0.286. The van der Waals surface area contributed by atoms with Crippen LogP contribution in [0.5, 0.6) is 5.75 Å². The van der Waals surface area contributed by atoms with Crippen LogP contribution in [0.2, 0.25) is 0 Å². The van der Waals surface area contributed by atoms with Crippen molar-refractivity contribution < 1.29 is 13.9 Å². The minimum atomic E-state index is -0.772. The highest BCUT2D eigenvalue weighted by molar-refractivity contribution is 7.09. The number of halogens is 1. The second kappa shape index (κ2) is 6.47. The fourth-order valence-electron chi connectivity index (χ4n) is 1.60. The Hall–Kier alpha value is -1.95. The van der Waals surface area contributed by atoms with E-state index in [0.29, 0.717) is 6.54 Å². The first kappa shape index (κ1) is 14.5. The van der Waals surface area contributed by atoms with E-state index >= 15 is 0 Å². The molecule has 0 fully saturated rings. The molecule has 0 radical (unpaired) electrons. The first-order valence-electron chi connectivity index (χ1n) is 6.16. The van der Waals surface area contributed by atoms with Gasteiger partial charge in [-0.15, -0.1) is 11.3 Å². The van der Waals surface area contributed by atoms with Gasteiger partial charge in [0.15, 0.2) is 17.7 Å². The summed E-state index contributed by atoms with van der Waals surface area (Å²) < 4.78 is 18.7. The van der Waals surface area contributed by atoms with Crippen LogP contribution in [0.25, 0.3) is 0 Å². The van der Waals surface area contributed by atoms with Gasteiger partial charge < -0.3 is 10.1 Å². The van der Waals surface area contributed by atoms with Crippen molar-refractivity contribution in [2.45, 2.75) is 26.5 Å². The number of benzene rings is 1. The monoisotopic (exact) mass is 294 g/mol. The van der Waals surface area contributed by atoms with Gasteiger partial charge in [-0.25, -0.2) is 9.37 Å². The molecule has 1 heterocycles. The Morgan fingerprint density at radius 3 is 2.90 bits per heavy atom. The van der Waals surface area contributed by atoms with Crippen LogP contribution in [-0.4, -0.2) is 17.0 Å². The summed E-state index contributed by atoms with van der Waals surface area (Å²) in [7, 11) is 0. The second-order valence-electron chi connectivity index (χ2n) is 4.27. The number of carbonyl (C=O) groups is 1. The van der Waals surface area contributed by atoms with Gasteiger partial charge in [-0.2, -0.15) is 0 Å². The minimum absolute atomic E-state index is 0.0691.